The molecule has 0 atom stereocenters. The highest BCUT2D eigenvalue weighted by molar-refractivity contribution is 5.85. The Bertz CT molecular complexity index is 2090. The van der Waals surface area contributed by atoms with Gasteiger partial charge in [0.25, 0.3) is 6.43 Å². The molecule has 55 heavy (non-hydrogen) atoms. The second-order valence-corrected chi connectivity index (χ2v) is 16.8. The van der Waals surface area contributed by atoms with Crippen LogP contribution in [0.2, 0.25) is 0 Å². The smallest absolute Gasteiger partial charge is 0.356 e. The van der Waals surface area contributed by atoms with Crippen LogP contribution >= 0.6 is 0 Å². The number of aryl methyl sites for hydroxylation is 2. The minimum Gasteiger partial charge on any atom is -0.476 e. The lowest BCUT2D eigenvalue weighted by Gasteiger charge is -2.54. The molecule has 12 nitrogen and oxygen atoms in total. The number of carboxylic acids is 1. The first kappa shape index (κ1) is 35.8. The number of hydrogen-bond donors (Lipinski definition) is 1. The summed E-state index contributed by atoms with van der Waals surface area (Å²) in [5.41, 5.74) is 5.58. The van der Waals surface area contributed by atoms with Crippen molar-refractivity contribution in [3.63, 3.8) is 0 Å². The summed E-state index contributed by atoms with van der Waals surface area (Å²) in [6.07, 6.45) is 12.6. The molecule has 0 unspecified atom stereocenters. The van der Waals surface area contributed by atoms with Gasteiger partial charge in [-0.2, -0.15) is 10.2 Å². The summed E-state index contributed by atoms with van der Waals surface area (Å²) >= 11 is 0. The summed E-state index contributed by atoms with van der Waals surface area (Å²) < 4.78 is 33.3. The van der Waals surface area contributed by atoms with Crippen molar-refractivity contribution in [2.24, 2.45) is 24.3 Å². The van der Waals surface area contributed by atoms with Crippen molar-refractivity contribution in [1.29, 1.82) is 0 Å². The van der Waals surface area contributed by atoms with Crippen molar-refractivity contribution in [3.8, 4) is 11.1 Å². The number of halogens is 2. The third kappa shape index (κ3) is 6.54. The number of hydrogen-bond acceptors (Lipinski definition) is 8. The van der Waals surface area contributed by atoms with Crippen LogP contribution in [0.25, 0.3) is 11.1 Å². The average Bonchev–Trinajstić information content (AvgIpc) is 3.79. The molecular formula is C41H49F2N9O3. The van der Waals surface area contributed by atoms with E-state index in [1.807, 2.05) is 11.0 Å². The summed E-state index contributed by atoms with van der Waals surface area (Å²) in [7, 11) is 1.79. The highest BCUT2D eigenvalue weighted by Crippen LogP contribution is 2.51. The van der Waals surface area contributed by atoms with Gasteiger partial charge in [0.05, 0.1) is 18.8 Å². The fourth-order valence-electron chi connectivity index (χ4n) is 10.5. The fraction of sp³-hybridized carbons (Fsp3) is 0.561. The molecule has 14 heteroatoms. The van der Waals surface area contributed by atoms with Crippen LogP contribution < -0.4 is 9.80 Å². The lowest BCUT2D eigenvalue weighted by molar-refractivity contribution is -0.129. The largest absolute Gasteiger partial charge is 0.476 e. The average molecular weight is 754 g/mol. The Hall–Kier alpha value is -4.88. The maximum Gasteiger partial charge on any atom is 0.356 e. The van der Waals surface area contributed by atoms with Gasteiger partial charge in [-0.25, -0.2) is 13.6 Å². The SMILES string of the molecule is CC(=O)N1CCc2c(c(N3CCCc4cc(-c5cnn(C)c5)c(C(F)F)cc43)nn2C2CCC(C3CCC4(CC3)CN(c3ccc(C(=O)O)nn3)C4)CC2)C1. The number of fused-ring (bicyclic) bond motifs is 2. The van der Waals surface area contributed by atoms with Crippen molar-refractivity contribution in [2.75, 3.05) is 36.0 Å². The van der Waals surface area contributed by atoms with Gasteiger partial charge in [0.15, 0.2) is 17.3 Å². The predicted octanol–water partition coefficient (Wildman–Crippen LogP) is 7.13. The van der Waals surface area contributed by atoms with Crippen LogP contribution in [0.1, 0.15) is 110 Å². The lowest BCUT2D eigenvalue weighted by Crippen LogP contribution is -2.58. The number of amides is 1. The first-order valence-electron chi connectivity index (χ1n) is 19.9. The molecule has 290 valence electrons. The number of rotatable bonds is 7. The molecule has 2 saturated carbocycles. The maximum atomic E-state index is 14.7. The van der Waals surface area contributed by atoms with Crippen LogP contribution in [-0.4, -0.2) is 77.8 Å². The lowest BCUT2D eigenvalue weighted by atomic mass is 9.62. The summed E-state index contributed by atoms with van der Waals surface area (Å²) in [4.78, 5) is 30.0. The van der Waals surface area contributed by atoms with E-state index in [1.54, 1.807) is 43.2 Å². The van der Waals surface area contributed by atoms with Crippen LogP contribution in [0.3, 0.4) is 0 Å². The molecule has 3 fully saturated rings. The Labute approximate surface area is 319 Å². The monoisotopic (exact) mass is 753 g/mol. The van der Waals surface area contributed by atoms with Crippen LogP contribution in [-0.2, 0) is 31.2 Å². The number of carboxylic acid groups (broad SMARTS) is 1. The number of nitrogens with zero attached hydrogens (tertiary/aromatic N) is 9. The summed E-state index contributed by atoms with van der Waals surface area (Å²) in [6.45, 7) is 5.36. The van der Waals surface area contributed by atoms with Gasteiger partial charge >= 0.3 is 5.97 Å². The van der Waals surface area contributed by atoms with Gasteiger partial charge in [-0.05, 0) is 111 Å². The standard InChI is InChI=1S/C41H49F2N9O3/c1-25(53)49-17-13-35-33(22-49)39(51-16-3-4-28-18-31(29-20-44-48(2)21-29)32(38(42)43)19-36(28)51)47-52(35)30-7-5-26(6-8-30)27-11-14-41(15-12-27)23-50(24-41)37-10-9-34(40(54)55)45-46-37/h9-10,18-21,26-27,30,38H,3-8,11-17,22-24H2,1-2H3,(H,54,55). The van der Waals surface area contributed by atoms with E-state index in [0.717, 1.165) is 79.6 Å². The second kappa shape index (κ2) is 14.0. The fourth-order valence-corrected chi connectivity index (χ4v) is 10.5. The third-order valence-corrected chi connectivity index (χ3v) is 13.5. The Morgan fingerprint density at radius 1 is 0.964 bits per heavy atom. The van der Waals surface area contributed by atoms with E-state index in [0.29, 0.717) is 42.1 Å². The number of benzene rings is 1. The molecule has 1 spiro atoms. The van der Waals surface area contributed by atoms with Crippen LogP contribution in [0.4, 0.5) is 26.1 Å². The van der Waals surface area contributed by atoms with Gasteiger partial charge in [-0.3, -0.25) is 14.2 Å². The quantitative estimate of drug-likeness (QED) is 0.210. The van der Waals surface area contributed by atoms with Gasteiger partial charge in [-0.15, -0.1) is 10.2 Å². The minimum atomic E-state index is -2.64. The van der Waals surface area contributed by atoms with Crippen molar-refractivity contribution in [3.05, 3.63) is 64.7 Å². The molecule has 0 bridgehead atoms. The zero-order chi connectivity index (χ0) is 38.0. The molecule has 1 saturated heterocycles. The van der Waals surface area contributed by atoms with E-state index >= 15 is 0 Å². The van der Waals surface area contributed by atoms with Crippen molar-refractivity contribution in [1.82, 2.24) is 34.7 Å². The molecular weight excluding hydrogens is 705 g/mol. The van der Waals surface area contributed by atoms with E-state index in [4.69, 9.17) is 10.2 Å². The first-order valence-corrected chi connectivity index (χ1v) is 19.9. The molecule has 1 N–H and O–H groups in total. The van der Waals surface area contributed by atoms with Crippen LogP contribution in [0, 0.1) is 17.3 Å². The molecule has 1 aromatic carbocycles. The number of carbonyl (C=O) groups is 2. The summed E-state index contributed by atoms with van der Waals surface area (Å²) in [5.74, 6) is 1.98. The summed E-state index contributed by atoms with van der Waals surface area (Å²) in [5, 5.41) is 26.8. The molecule has 4 aromatic rings. The van der Waals surface area contributed by atoms with E-state index in [-0.39, 0.29) is 23.2 Å². The maximum absolute atomic E-state index is 14.7. The highest BCUT2D eigenvalue weighted by atomic mass is 19.3. The number of alkyl halides is 2. The van der Waals surface area contributed by atoms with E-state index < -0.39 is 12.4 Å². The zero-order valence-corrected chi connectivity index (χ0v) is 31.6. The number of aromatic nitrogens is 6. The first-order chi connectivity index (χ1) is 26.6. The Balaban J connectivity index is 0.907. The van der Waals surface area contributed by atoms with Crippen LogP contribution in [0.5, 0.6) is 0 Å². The van der Waals surface area contributed by atoms with Gasteiger partial charge in [0, 0.05) is 86.3 Å². The second-order valence-electron chi connectivity index (χ2n) is 16.8. The molecule has 0 radical (unpaired) electrons. The van der Waals surface area contributed by atoms with Gasteiger partial charge < -0.3 is 19.8 Å². The number of aromatic carboxylic acids is 1. The van der Waals surface area contributed by atoms with Crippen molar-refractivity contribution >= 4 is 29.2 Å². The van der Waals surface area contributed by atoms with E-state index in [2.05, 4.69) is 29.8 Å². The Morgan fingerprint density at radius 3 is 2.38 bits per heavy atom. The number of anilines is 3. The van der Waals surface area contributed by atoms with Gasteiger partial charge in [0.1, 0.15) is 0 Å². The van der Waals surface area contributed by atoms with Gasteiger partial charge in [0.2, 0.25) is 5.91 Å². The third-order valence-electron chi connectivity index (χ3n) is 13.5. The zero-order valence-electron chi connectivity index (χ0n) is 31.6. The summed E-state index contributed by atoms with van der Waals surface area (Å²) in [6, 6.07) is 7.17. The molecule has 9 rings (SSSR count). The van der Waals surface area contributed by atoms with Crippen molar-refractivity contribution < 1.29 is 23.5 Å². The van der Waals surface area contributed by atoms with Crippen molar-refractivity contribution in [2.45, 2.75) is 96.6 Å². The molecule has 5 aliphatic rings. The Kier molecular flexibility index (Phi) is 9.12. The minimum absolute atomic E-state index is 0.000451. The molecule has 3 aliphatic heterocycles. The normalized spacial score (nSPS) is 22.5. The molecule has 6 heterocycles. The van der Waals surface area contributed by atoms with Gasteiger partial charge in [-0.1, -0.05) is 0 Å². The molecule has 3 aromatic heterocycles. The predicted molar refractivity (Wildman–Crippen MR) is 203 cm³/mol. The Morgan fingerprint density at radius 2 is 1.73 bits per heavy atom. The van der Waals surface area contributed by atoms with E-state index in [9.17, 15) is 18.4 Å². The number of carbonyl (C=O) groups excluding carboxylic acids is 1. The highest BCUT2D eigenvalue weighted by Gasteiger charge is 2.47. The molecule has 1 amide bonds. The topological polar surface area (TPSA) is 126 Å². The van der Waals surface area contributed by atoms with Crippen LogP contribution in [0.15, 0.2) is 36.7 Å². The van der Waals surface area contributed by atoms with E-state index in [1.165, 1.54) is 50.3 Å². The molecule has 2 aliphatic carbocycles.